The molecule has 0 saturated carbocycles. The molecule has 1 N–H and O–H groups in total. The Hall–Kier alpha value is -2.10. The predicted molar refractivity (Wildman–Crippen MR) is 90.8 cm³/mol. The van der Waals surface area contributed by atoms with Crippen molar-refractivity contribution in [3.8, 4) is 0 Å². The highest BCUT2D eigenvalue weighted by Crippen LogP contribution is 2.18. The molecule has 1 amide bonds. The number of amides is 1. The minimum Gasteiger partial charge on any atom is -0.301 e. The molecule has 1 aromatic carbocycles. The number of nitrogens with one attached hydrogen (secondary N) is 1. The Balaban J connectivity index is 2.17. The molecule has 0 bridgehead atoms. The number of rotatable bonds is 7. The van der Waals surface area contributed by atoms with Gasteiger partial charge in [-0.25, -0.2) is 17.8 Å². The standard InChI is InChI=1S/C15H16FN3O3S2/c1-3-8-19(10-14(20)18-15-17-9-11(2)23-15)24(21,22)13-6-4-12(16)5-7-13/h3-7,9H,1,8,10H2,2H3,(H,17,18,20). The third kappa shape index (κ3) is 4.47. The van der Waals surface area contributed by atoms with Gasteiger partial charge in [-0.2, -0.15) is 4.31 Å². The van der Waals surface area contributed by atoms with E-state index in [1.165, 1.54) is 17.4 Å². The third-order valence-corrected chi connectivity index (χ3v) is 5.63. The molecule has 1 aromatic heterocycles. The Labute approximate surface area is 143 Å². The number of carbonyl (C=O) groups is 1. The van der Waals surface area contributed by atoms with Crippen molar-refractivity contribution in [2.45, 2.75) is 11.8 Å². The van der Waals surface area contributed by atoms with Crippen LogP contribution in [0.1, 0.15) is 4.88 Å². The number of thiazole rings is 1. The average molecular weight is 369 g/mol. The zero-order valence-electron chi connectivity index (χ0n) is 12.9. The largest absolute Gasteiger partial charge is 0.301 e. The molecule has 128 valence electrons. The molecule has 9 heteroatoms. The number of nitrogens with zero attached hydrogens (tertiary/aromatic N) is 2. The molecule has 0 atom stereocenters. The zero-order valence-corrected chi connectivity index (χ0v) is 14.5. The van der Waals surface area contributed by atoms with Crippen molar-refractivity contribution in [1.29, 1.82) is 0 Å². The van der Waals surface area contributed by atoms with E-state index in [1.807, 2.05) is 6.92 Å². The van der Waals surface area contributed by atoms with Crippen molar-refractivity contribution in [2.75, 3.05) is 18.4 Å². The summed E-state index contributed by atoms with van der Waals surface area (Å²) in [5, 5.41) is 2.95. The molecule has 0 spiro atoms. The van der Waals surface area contributed by atoms with Crippen LogP contribution in [0.3, 0.4) is 0 Å². The van der Waals surface area contributed by atoms with Crippen LogP contribution in [0.4, 0.5) is 9.52 Å². The molecule has 0 fully saturated rings. The normalized spacial score (nSPS) is 11.5. The lowest BCUT2D eigenvalue weighted by molar-refractivity contribution is -0.116. The van der Waals surface area contributed by atoms with Crippen LogP contribution in [0.5, 0.6) is 0 Å². The van der Waals surface area contributed by atoms with Crippen LogP contribution in [-0.4, -0.2) is 36.7 Å². The number of halogens is 1. The lowest BCUT2D eigenvalue weighted by atomic mass is 10.4. The van der Waals surface area contributed by atoms with E-state index in [0.29, 0.717) is 5.13 Å². The Morgan fingerprint density at radius 3 is 2.62 bits per heavy atom. The van der Waals surface area contributed by atoms with E-state index in [2.05, 4.69) is 16.9 Å². The van der Waals surface area contributed by atoms with E-state index in [0.717, 1.165) is 33.4 Å². The molecule has 0 aliphatic rings. The molecule has 2 aromatic rings. The summed E-state index contributed by atoms with van der Waals surface area (Å²) in [6.45, 7) is 4.90. The molecule has 0 aliphatic carbocycles. The summed E-state index contributed by atoms with van der Waals surface area (Å²) in [5.74, 6) is -1.06. The fourth-order valence-electron chi connectivity index (χ4n) is 1.88. The number of aryl methyl sites for hydroxylation is 1. The van der Waals surface area contributed by atoms with Gasteiger partial charge >= 0.3 is 0 Å². The SMILES string of the molecule is C=CCN(CC(=O)Nc1ncc(C)s1)S(=O)(=O)c1ccc(F)cc1. The first kappa shape index (κ1) is 18.2. The number of benzene rings is 1. The van der Waals surface area contributed by atoms with Crippen LogP contribution in [0, 0.1) is 12.7 Å². The van der Waals surface area contributed by atoms with Crippen LogP contribution in [0.2, 0.25) is 0 Å². The second kappa shape index (κ2) is 7.65. The molecule has 6 nitrogen and oxygen atoms in total. The topological polar surface area (TPSA) is 79.4 Å². The van der Waals surface area contributed by atoms with Gasteiger partial charge in [-0.15, -0.1) is 17.9 Å². The van der Waals surface area contributed by atoms with Gasteiger partial charge in [-0.3, -0.25) is 4.79 Å². The number of hydrogen-bond acceptors (Lipinski definition) is 5. The number of carbonyl (C=O) groups excluding carboxylic acids is 1. The van der Waals surface area contributed by atoms with Crippen LogP contribution < -0.4 is 5.32 Å². The first-order valence-corrected chi connectivity index (χ1v) is 9.17. The molecule has 0 saturated heterocycles. The minimum absolute atomic E-state index is 0.0516. The number of anilines is 1. The number of aromatic nitrogens is 1. The average Bonchev–Trinajstić information content (AvgIpc) is 2.92. The van der Waals surface area contributed by atoms with Crippen LogP contribution >= 0.6 is 11.3 Å². The molecule has 24 heavy (non-hydrogen) atoms. The highest BCUT2D eigenvalue weighted by atomic mass is 32.2. The Bertz CT molecular complexity index is 832. The molecular formula is C15H16FN3O3S2. The van der Waals surface area contributed by atoms with E-state index in [-0.39, 0.29) is 11.4 Å². The highest BCUT2D eigenvalue weighted by molar-refractivity contribution is 7.89. The van der Waals surface area contributed by atoms with Gasteiger partial charge < -0.3 is 5.32 Å². The van der Waals surface area contributed by atoms with Crippen LogP contribution in [0.15, 0.2) is 48.0 Å². The highest BCUT2D eigenvalue weighted by Gasteiger charge is 2.26. The molecular weight excluding hydrogens is 353 g/mol. The van der Waals surface area contributed by atoms with Gasteiger partial charge in [0.25, 0.3) is 0 Å². The van der Waals surface area contributed by atoms with Gasteiger partial charge in [0.15, 0.2) is 5.13 Å². The quantitative estimate of drug-likeness (QED) is 0.760. The fourth-order valence-corrected chi connectivity index (χ4v) is 3.93. The summed E-state index contributed by atoms with van der Waals surface area (Å²) in [5.41, 5.74) is 0. The lowest BCUT2D eigenvalue weighted by Gasteiger charge is -2.20. The second-order valence-corrected chi connectivity index (χ2v) is 8.04. The second-order valence-electron chi connectivity index (χ2n) is 4.86. The summed E-state index contributed by atoms with van der Waals surface area (Å²) in [4.78, 5) is 16.9. The predicted octanol–water partition coefficient (Wildman–Crippen LogP) is 2.41. The maximum atomic E-state index is 13.0. The monoisotopic (exact) mass is 369 g/mol. The number of hydrogen-bond donors (Lipinski definition) is 1. The molecule has 1 heterocycles. The Morgan fingerprint density at radius 1 is 1.42 bits per heavy atom. The van der Waals surface area contributed by atoms with Gasteiger partial charge in [-0.05, 0) is 31.2 Å². The number of sulfonamides is 1. The molecule has 0 aliphatic heterocycles. The van der Waals surface area contributed by atoms with Gasteiger partial charge in [0.1, 0.15) is 5.82 Å². The minimum atomic E-state index is -3.94. The van der Waals surface area contributed by atoms with Crippen LogP contribution in [-0.2, 0) is 14.8 Å². The van der Waals surface area contributed by atoms with Crippen molar-refractivity contribution in [1.82, 2.24) is 9.29 Å². The van der Waals surface area contributed by atoms with E-state index in [9.17, 15) is 17.6 Å². The first-order valence-electron chi connectivity index (χ1n) is 6.92. The van der Waals surface area contributed by atoms with Crippen molar-refractivity contribution < 1.29 is 17.6 Å². The van der Waals surface area contributed by atoms with E-state index < -0.39 is 28.3 Å². The summed E-state index contributed by atoms with van der Waals surface area (Å²) < 4.78 is 39.1. The van der Waals surface area contributed by atoms with E-state index in [4.69, 9.17) is 0 Å². The van der Waals surface area contributed by atoms with Crippen molar-refractivity contribution in [3.05, 3.63) is 53.8 Å². The zero-order chi connectivity index (χ0) is 17.7. The maximum Gasteiger partial charge on any atom is 0.243 e. The first-order chi connectivity index (χ1) is 11.3. The van der Waals surface area contributed by atoms with Crippen LogP contribution in [0.25, 0.3) is 0 Å². The Kier molecular flexibility index (Phi) is 5.81. The summed E-state index contributed by atoms with van der Waals surface area (Å²) in [6, 6.07) is 4.42. The van der Waals surface area contributed by atoms with Crippen molar-refractivity contribution in [3.63, 3.8) is 0 Å². The summed E-state index contributed by atoms with van der Waals surface area (Å²) >= 11 is 1.29. The van der Waals surface area contributed by atoms with Gasteiger partial charge in [0.05, 0.1) is 11.4 Å². The van der Waals surface area contributed by atoms with Crippen molar-refractivity contribution >= 4 is 32.4 Å². The van der Waals surface area contributed by atoms with Gasteiger partial charge in [-0.1, -0.05) is 6.08 Å². The maximum absolute atomic E-state index is 13.0. The van der Waals surface area contributed by atoms with E-state index in [1.54, 1.807) is 6.20 Å². The summed E-state index contributed by atoms with van der Waals surface area (Å²) in [7, 11) is -3.94. The molecule has 0 radical (unpaired) electrons. The van der Waals surface area contributed by atoms with Gasteiger partial charge in [0, 0.05) is 17.6 Å². The molecule has 0 unspecified atom stereocenters. The van der Waals surface area contributed by atoms with E-state index >= 15 is 0 Å². The Morgan fingerprint density at radius 2 is 2.08 bits per heavy atom. The molecule has 2 rings (SSSR count). The smallest absolute Gasteiger partial charge is 0.243 e. The summed E-state index contributed by atoms with van der Waals surface area (Å²) in [6.07, 6.45) is 2.99. The fraction of sp³-hybridized carbons (Fsp3) is 0.200. The van der Waals surface area contributed by atoms with Gasteiger partial charge in [0.2, 0.25) is 15.9 Å². The lowest BCUT2D eigenvalue weighted by Crippen LogP contribution is -2.38. The third-order valence-electron chi connectivity index (χ3n) is 2.97. The van der Waals surface area contributed by atoms with Crippen molar-refractivity contribution in [2.24, 2.45) is 0 Å².